The average Bonchev–Trinajstić information content (AvgIpc) is 3.61. The van der Waals surface area contributed by atoms with E-state index in [-0.39, 0.29) is 17.8 Å². The van der Waals surface area contributed by atoms with Crippen LogP contribution in [0.15, 0.2) is 24.8 Å². The number of H-pyrrole nitrogens is 2. The van der Waals surface area contributed by atoms with E-state index in [9.17, 15) is 4.79 Å². The number of carbonyl (C=O) groups excluding carboxylic acids is 1. The van der Waals surface area contributed by atoms with Gasteiger partial charge in [0, 0.05) is 57.8 Å². The quantitative estimate of drug-likeness (QED) is 0.245. The van der Waals surface area contributed by atoms with E-state index in [1.807, 2.05) is 6.08 Å². The number of aromatic amines is 2. The molecule has 2 aliphatic rings. The van der Waals surface area contributed by atoms with Gasteiger partial charge in [-0.15, -0.1) is 0 Å². The Morgan fingerprint density at radius 2 is 1.73 bits per heavy atom. The average molecular weight is 537 g/mol. The Labute approximate surface area is 236 Å². The number of nitrogens with zero attached hydrogens (tertiary/aromatic N) is 2. The van der Waals surface area contributed by atoms with E-state index in [1.54, 1.807) is 0 Å². The molecule has 2 aliphatic heterocycles. The van der Waals surface area contributed by atoms with Crippen molar-refractivity contribution in [3.05, 3.63) is 75.4 Å². The Kier molecular flexibility index (Phi) is 7.54. The first-order valence-corrected chi connectivity index (χ1v) is 14.3. The number of carbonyl (C=O) groups is 1. The van der Waals surface area contributed by atoms with Crippen molar-refractivity contribution in [3.8, 4) is 0 Å². The van der Waals surface area contributed by atoms with Crippen LogP contribution in [0.4, 0.5) is 0 Å². The van der Waals surface area contributed by atoms with Crippen molar-refractivity contribution in [3.63, 3.8) is 0 Å². The van der Waals surface area contributed by atoms with Crippen LogP contribution in [0.2, 0.25) is 0 Å². The van der Waals surface area contributed by atoms with Gasteiger partial charge in [-0.2, -0.15) is 0 Å². The molecule has 8 bridgehead atoms. The Balaban J connectivity index is 1.83. The molecule has 0 fully saturated rings. The Bertz CT molecular complexity index is 1700. The standard InChI is InChI=1S/C34H40N4O2/c1-9-24-20(5)30-17-33-25(10-2)19(4)29(36-33)16-31-21(6)26(12-11-13-40-23(8)39)34(38-31)22(7)28-14-18(3)27(35-28)15-32(24)37-30/h10,14-17,21,26,36-37H,2,9,11-13H2,1,3-8H3/t21-,26-/m0/s1. The molecule has 0 unspecified atom stereocenters. The fourth-order valence-electron chi connectivity index (χ4n) is 6.20. The molecule has 5 heterocycles. The van der Waals surface area contributed by atoms with Gasteiger partial charge in [0.1, 0.15) is 0 Å². The second-order valence-corrected chi connectivity index (χ2v) is 11.2. The van der Waals surface area contributed by atoms with Crippen LogP contribution >= 0.6 is 0 Å². The van der Waals surface area contributed by atoms with Crippen LogP contribution in [0.25, 0.3) is 39.8 Å². The predicted octanol–water partition coefficient (Wildman–Crippen LogP) is 8.24. The molecule has 6 nitrogen and oxygen atoms in total. The van der Waals surface area contributed by atoms with E-state index in [0.717, 1.165) is 86.4 Å². The van der Waals surface area contributed by atoms with Crippen molar-refractivity contribution in [2.24, 2.45) is 0 Å². The number of hydrogen-bond acceptors (Lipinski definition) is 4. The van der Waals surface area contributed by atoms with Crippen LogP contribution in [0.1, 0.15) is 103 Å². The van der Waals surface area contributed by atoms with Crippen molar-refractivity contribution in [1.29, 1.82) is 0 Å². The summed E-state index contributed by atoms with van der Waals surface area (Å²) >= 11 is 0. The number of aryl methyl sites for hydroxylation is 3. The zero-order valence-electron chi connectivity index (χ0n) is 24.8. The largest absolute Gasteiger partial charge is 0.466 e. The molecule has 0 radical (unpaired) electrons. The van der Waals surface area contributed by atoms with Gasteiger partial charge in [0.25, 0.3) is 0 Å². The highest BCUT2D eigenvalue weighted by atomic mass is 16.5. The summed E-state index contributed by atoms with van der Waals surface area (Å²) in [4.78, 5) is 29.0. The summed E-state index contributed by atoms with van der Waals surface area (Å²) in [6, 6.07) is 6.58. The van der Waals surface area contributed by atoms with Gasteiger partial charge >= 0.3 is 5.97 Å². The monoisotopic (exact) mass is 536 g/mol. The molecule has 0 amide bonds. The predicted molar refractivity (Wildman–Crippen MR) is 165 cm³/mol. The van der Waals surface area contributed by atoms with Crippen LogP contribution in [0, 0.1) is 20.8 Å². The first-order valence-electron chi connectivity index (χ1n) is 14.3. The Morgan fingerprint density at radius 1 is 1.00 bits per heavy atom. The highest BCUT2D eigenvalue weighted by molar-refractivity contribution is 5.86. The van der Waals surface area contributed by atoms with Crippen LogP contribution in [0.3, 0.4) is 0 Å². The molecule has 0 saturated carbocycles. The molecule has 3 aromatic heterocycles. The highest BCUT2D eigenvalue weighted by Gasteiger charge is 2.30. The molecular weight excluding hydrogens is 496 g/mol. The van der Waals surface area contributed by atoms with Gasteiger partial charge in [0.2, 0.25) is 0 Å². The molecule has 2 N–H and O–H groups in total. The number of hydrogen-bond donors (Lipinski definition) is 2. The molecule has 208 valence electrons. The summed E-state index contributed by atoms with van der Waals surface area (Å²) in [5.74, 6) is 0.182. The second kappa shape index (κ2) is 10.9. The van der Waals surface area contributed by atoms with Crippen LogP contribution in [-0.4, -0.2) is 32.5 Å². The fraction of sp³-hybridized carbons (Fsp3) is 0.382. The lowest BCUT2D eigenvalue weighted by molar-refractivity contribution is -0.141. The Hall–Kier alpha value is -3.93. The van der Waals surface area contributed by atoms with Crippen LogP contribution < -0.4 is 0 Å². The summed E-state index contributed by atoms with van der Waals surface area (Å²) in [6.07, 6.45) is 6.71. The molecule has 0 spiro atoms. The first-order chi connectivity index (χ1) is 19.1. The molecule has 0 saturated heterocycles. The lowest BCUT2D eigenvalue weighted by Crippen LogP contribution is -2.07. The van der Waals surface area contributed by atoms with Crippen molar-refractivity contribution in [2.75, 3.05) is 6.61 Å². The van der Waals surface area contributed by atoms with Gasteiger partial charge in [-0.1, -0.05) is 26.5 Å². The number of fused-ring (bicyclic) bond motifs is 8. The molecule has 6 heteroatoms. The molecule has 0 aromatic carbocycles. The molecule has 40 heavy (non-hydrogen) atoms. The lowest BCUT2D eigenvalue weighted by Gasteiger charge is -2.17. The zero-order valence-corrected chi connectivity index (χ0v) is 24.8. The number of allylic oxidation sites excluding steroid dienone is 1. The van der Waals surface area contributed by atoms with Gasteiger partial charge in [-0.3, -0.25) is 9.78 Å². The number of aromatic nitrogens is 4. The minimum absolute atomic E-state index is 0.210. The molecular formula is C34H40N4O2. The van der Waals surface area contributed by atoms with E-state index < -0.39 is 0 Å². The van der Waals surface area contributed by atoms with Gasteiger partial charge in [-0.25, -0.2) is 4.98 Å². The SMILES string of the molecule is C=Cc1c(C)c2cc3nc(c(C)c4nc(cc5[nH]c(cc1[nH]2)c(C)c5CC)C(C)=C4)[C@@H](CCCOC(C)=O)[C@@H]3C. The van der Waals surface area contributed by atoms with Crippen molar-refractivity contribution in [1.82, 2.24) is 19.9 Å². The van der Waals surface area contributed by atoms with Gasteiger partial charge in [-0.05, 0) is 99.1 Å². The summed E-state index contributed by atoms with van der Waals surface area (Å²) in [6.45, 7) is 19.0. The number of ether oxygens (including phenoxy) is 1. The van der Waals surface area contributed by atoms with Crippen LogP contribution in [-0.2, 0) is 16.0 Å². The minimum atomic E-state index is -0.238. The van der Waals surface area contributed by atoms with E-state index >= 15 is 0 Å². The third-order valence-corrected chi connectivity index (χ3v) is 8.64. The van der Waals surface area contributed by atoms with E-state index in [2.05, 4.69) is 82.4 Å². The topological polar surface area (TPSA) is 83.7 Å². The maximum atomic E-state index is 11.3. The smallest absolute Gasteiger partial charge is 0.302 e. The highest BCUT2D eigenvalue weighted by Crippen LogP contribution is 2.42. The molecule has 2 atom stereocenters. The van der Waals surface area contributed by atoms with E-state index in [0.29, 0.717) is 6.61 Å². The summed E-state index contributed by atoms with van der Waals surface area (Å²) in [7, 11) is 0. The summed E-state index contributed by atoms with van der Waals surface area (Å²) in [5, 5.41) is 0. The maximum absolute atomic E-state index is 11.3. The molecule has 0 aliphatic carbocycles. The number of rotatable bonds is 6. The first kappa shape index (κ1) is 27.6. The third kappa shape index (κ3) is 4.91. The zero-order chi connectivity index (χ0) is 28.7. The Morgan fingerprint density at radius 3 is 2.42 bits per heavy atom. The number of nitrogens with one attached hydrogen (secondary N) is 2. The third-order valence-electron chi connectivity index (χ3n) is 8.64. The van der Waals surface area contributed by atoms with Gasteiger partial charge in [0.05, 0.1) is 18.0 Å². The summed E-state index contributed by atoms with van der Waals surface area (Å²) < 4.78 is 5.25. The van der Waals surface area contributed by atoms with E-state index in [4.69, 9.17) is 14.7 Å². The van der Waals surface area contributed by atoms with Crippen molar-refractivity contribution in [2.45, 2.75) is 79.6 Å². The fourth-order valence-corrected chi connectivity index (χ4v) is 6.20. The van der Waals surface area contributed by atoms with Crippen molar-refractivity contribution < 1.29 is 9.53 Å². The molecule has 5 rings (SSSR count). The normalized spacial score (nSPS) is 16.6. The summed E-state index contributed by atoms with van der Waals surface area (Å²) in [5.41, 5.74) is 15.4. The lowest BCUT2D eigenvalue weighted by atomic mass is 9.86. The van der Waals surface area contributed by atoms with Gasteiger partial charge < -0.3 is 14.7 Å². The molecule has 3 aromatic rings. The van der Waals surface area contributed by atoms with Gasteiger partial charge in [0.15, 0.2) is 0 Å². The van der Waals surface area contributed by atoms with Crippen molar-refractivity contribution >= 4 is 45.8 Å². The number of esters is 1. The minimum Gasteiger partial charge on any atom is -0.466 e. The maximum Gasteiger partial charge on any atom is 0.302 e. The second-order valence-electron chi connectivity index (χ2n) is 11.2. The van der Waals surface area contributed by atoms with E-state index in [1.165, 1.54) is 18.1 Å². The van der Waals surface area contributed by atoms with Crippen LogP contribution in [0.5, 0.6) is 0 Å².